The lowest BCUT2D eigenvalue weighted by Crippen LogP contribution is -2.09. The molecule has 0 aliphatic rings. The van der Waals surface area contributed by atoms with Gasteiger partial charge in [0.25, 0.3) is 0 Å². The number of carbonyl (C=O) groups is 1. The minimum Gasteiger partial charge on any atom is -0.489 e. The molecule has 4 heteroatoms. The Morgan fingerprint density at radius 1 is 1.00 bits per heavy atom. The summed E-state index contributed by atoms with van der Waals surface area (Å²) in [6.45, 7) is 4.50. The van der Waals surface area contributed by atoms with Crippen LogP contribution < -0.4 is 10.1 Å². The van der Waals surface area contributed by atoms with Crippen molar-refractivity contribution in [3.05, 3.63) is 99.5 Å². The highest BCUT2D eigenvalue weighted by atomic mass is 79.9. The monoisotopic (exact) mass is 435 g/mol. The van der Waals surface area contributed by atoms with E-state index in [0.717, 1.165) is 38.2 Å². The summed E-state index contributed by atoms with van der Waals surface area (Å²) in [7, 11) is 0. The van der Waals surface area contributed by atoms with Gasteiger partial charge in [0.1, 0.15) is 12.4 Å². The molecule has 0 aliphatic carbocycles. The van der Waals surface area contributed by atoms with Gasteiger partial charge in [-0.25, -0.2) is 0 Å². The number of amides is 1. The predicted octanol–water partition coefficient (Wildman–Crippen LogP) is 6.30. The first-order valence-corrected chi connectivity index (χ1v) is 9.82. The van der Waals surface area contributed by atoms with Crippen LogP contribution in [0.1, 0.15) is 22.3 Å². The van der Waals surface area contributed by atoms with Gasteiger partial charge in [0.05, 0.1) is 0 Å². The van der Waals surface area contributed by atoms with Gasteiger partial charge in [0.2, 0.25) is 5.91 Å². The van der Waals surface area contributed by atoms with E-state index in [0.29, 0.717) is 6.61 Å². The molecule has 0 unspecified atom stereocenters. The molecule has 0 aromatic heterocycles. The molecule has 3 aromatic rings. The van der Waals surface area contributed by atoms with Gasteiger partial charge in [0.15, 0.2) is 0 Å². The molecule has 3 aromatic carbocycles. The molecule has 0 saturated heterocycles. The molecule has 142 valence electrons. The zero-order chi connectivity index (χ0) is 19.9. The van der Waals surface area contributed by atoms with Crippen LogP contribution >= 0.6 is 15.9 Å². The lowest BCUT2D eigenvalue weighted by atomic mass is 10.1. The van der Waals surface area contributed by atoms with Crippen molar-refractivity contribution in [2.75, 3.05) is 5.32 Å². The van der Waals surface area contributed by atoms with E-state index in [1.807, 2.05) is 80.6 Å². The Bertz CT molecular complexity index is 976. The van der Waals surface area contributed by atoms with Gasteiger partial charge in [-0.3, -0.25) is 4.79 Å². The van der Waals surface area contributed by atoms with E-state index >= 15 is 0 Å². The van der Waals surface area contributed by atoms with Crippen molar-refractivity contribution < 1.29 is 9.53 Å². The molecule has 1 N–H and O–H groups in total. The summed E-state index contributed by atoms with van der Waals surface area (Å²) in [5, 5.41) is 2.92. The molecule has 0 atom stereocenters. The van der Waals surface area contributed by atoms with Gasteiger partial charge >= 0.3 is 0 Å². The Balaban J connectivity index is 1.55. The highest BCUT2D eigenvalue weighted by Gasteiger charge is 2.02. The Morgan fingerprint density at radius 3 is 2.43 bits per heavy atom. The fourth-order valence-electron chi connectivity index (χ4n) is 2.64. The minimum atomic E-state index is -0.149. The van der Waals surface area contributed by atoms with E-state index in [9.17, 15) is 4.79 Å². The minimum absolute atomic E-state index is 0.149. The van der Waals surface area contributed by atoms with Crippen molar-refractivity contribution in [2.45, 2.75) is 20.5 Å². The van der Waals surface area contributed by atoms with Gasteiger partial charge in [0, 0.05) is 16.2 Å². The summed E-state index contributed by atoms with van der Waals surface area (Å²) >= 11 is 3.42. The maximum absolute atomic E-state index is 12.2. The highest BCUT2D eigenvalue weighted by Crippen LogP contribution is 2.18. The first-order chi connectivity index (χ1) is 13.5. The Labute approximate surface area is 174 Å². The van der Waals surface area contributed by atoms with Crippen LogP contribution in [0, 0.1) is 13.8 Å². The molecule has 0 saturated carbocycles. The molecular formula is C24H22BrNO2. The summed E-state index contributed by atoms with van der Waals surface area (Å²) in [5.41, 5.74) is 5.04. The molecule has 1 amide bonds. The van der Waals surface area contributed by atoms with Crippen molar-refractivity contribution in [1.82, 2.24) is 0 Å². The maximum atomic E-state index is 12.2. The average molecular weight is 436 g/mol. The molecule has 0 radical (unpaired) electrons. The number of ether oxygens (including phenoxy) is 1. The smallest absolute Gasteiger partial charge is 0.248 e. The summed E-state index contributed by atoms with van der Waals surface area (Å²) in [5.74, 6) is 0.643. The van der Waals surface area contributed by atoms with Gasteiger partial charge in [-0.05, 0) is 72.5 Å². The zero-order valence-electron chi connectivity index (χ0n) is 15.9. The van der Waals surface area contributed by atoms with Crippen LogP contribution in [0.25, 0.3) is 6.08 Å². The third-order valence-electron chi connectivity index (χ3n) is 4.28. The average Bonchev–Trinajstić information content (AvgIpc) is 2.69. The Hall–Kier alpha value is -2.85. The molecule has 0 aliphatic heterocycles. The maximum Gasteiger partial charge on any atom is 0.248 e. The largest absolute Gasteiger partial charge is 0.489 e. The van der Waals surface area contributed by atoms with Gasteiger partial charge in [-0.15, -0.1) is 0 Å². The van der Waals surface area contributed by atoms with E-state index < -0.39 is 0 Å². The predicted molar refractivity (Wildman–Crippen MR) is 118 cm³/mol. The highest BCUT2D eigenvalue weighted by molar-refractivity contribution is 9.10. The molecule has 3 nitrogen and oxygen atoms in total. The molecule has 28 heavy (non-hydrogen) atoms. The quantitative estimate of drug-likeness (QED) is 0.461. The molecular weight excluding hydrogens is 414 g/mol. The second-order valence-electron chi connectivity index (χ2n) is 6.63. The molecule has 0 heterocycles. The van der Waals surface area contributed by atoms with Crippen LogP contribution in [0.4, 0.5) is 5.69 Å². The van der Waals surface area contributed by atoms with Crippen LogP contribution in [-0.2, 0) is 11.4 Å². The molecule has 0 spiro atoms. The van der Waals surface area contributed by atoms with E-state index in [2.05, 4.69) is 21.2 Å². The van der Waals surface area contributed by atoms with E-state index in [1.54, 1.807) is 12.2 Å². The second-order valence-corrected chi connectivity index (χ2v) is 7.54. The third kappa shape index (κ3) is 5.83. The zero-order valence-corrected chi connectivity index (χ0v) is 17.5. The van der Waals surface area contributed by atoms with Crippen molar-refractivity contribution in [2.24, 2.45) is 0 Å². The van der Waals surface area contributed by atoms with Gasteiger partial charge in [-0.2, -0.15) is 0 Å². The fourth-order valence-corrected chi connectivity index (χ4v) is 2.90. The van der Waals surface area contributed by atoms with E-state index in [4.69, 9.17) is 4.74 Å². The summed E-state index contributed by atoms with van der Waals surface area (Å²) < 4.78 is 6.85. The topological polar surface area (TPSA) is 38.3 Å². The number of carbonyl (C=O) groups excluding carboxylic acids is 1. The summed E-state index contributed by atoms with van der Waals surface area (Å²) in [4.78, 5) is 12.2. The lowest BCUT2D eigenvalue weighted by molar-refractivity contribution is -0.111. The number of aryl methyl sites for hydroxylation is 2. The third-order valence-corrected chi connectivity index (χ3v) is 4.81. The van der Waals surface area contributed by atoms with Crippen molar-refractivity contribution in [1.29, 1.82) is 0 Å². The van der Waals surface area contributed by atoms with Crippen molar-refractivity contribution >= 4 is 33.6 Å². The Kier molecular flexibility index (Phi) is 6.66. The second kappa shape index (κ2) is 9.38. The fraction of sp³-hybridized carbons (Fsp3) is 0.125. The van der Waals surface area contributed by atoms with Crippen molar-refractivity contribution in [3.63, 3.8) is 0 Å². The van der Waals surface area contributed by atoms with Gasteiger partial charge in [-0.1, -0.05) is 52.3 Å². The van der Waals surface area contributed by atoms with Crippen LogP contribution in [-0.4, -0.2) is 5.91 Å². The number of nitrogens with one attached hydrogen (secondary N) is 1. The van der Waals surface area contributed by atoms with Crippen LogP contribution in [0.15, 0.2) is 77.3 Å². The summed E-state index contributed by atoms with van der Waals surface area (Å²) in [6, 6.07) is 21.7. The SMILES string of the molecule is Cc1ccc(C)c(NC(=O)/C=C/c2ccc(OCc3ccc(Br)cc3)cc2)c1. The number of anilines is 1. The van der Waals surface area contributed by atoms with Gasteiger partial charge < -0.3 is 10.1 Å². The number of hydrogen-bond donors (Lipinski definition) is 1. The number of hydrogen-bond acceptors (Lipinski definition) is 2. The molecule has 0 fully saturated rings. The first-order valence-electron chi connectivity index (χ1n) is 9.03. The standard InChI is InChI=1S/C24H22BrNO2/c1-17-3-4-18(2)23(15-17)26-24(27)14-9-19-7-12-22(13-8-19)28-16-20-5-10-21(25)11-6-20/h3-15H,16H2,1-2H3,(H,26,27)/b14-9+. The normalized spacial score (nSPS) is 10.8. The summed E-state index contributed by atoms with van der Waals surface area (Å²) in [6.07, 6.45) is 3.33. The Morgan fingerprint density at radius 2 is 1.71 bits per heavy atom. The first kappa shape index (κ1) is 19.9. The van der Waals surface area contributed by atoms with Crippen molar-refractivity contribution in [3.8, 4) is 5.75 Å². The van der Waals surface area contributed by atoms with E-state index in [1.165, 1.54) is 0 Å². The number of benzene rings is 3. The van der Waals surface area contributed by atoms with Crippen LogP contribution in [0.3, 0.4) is 0 Å². The molecule has 0 bridgehead atoms. The lowest BCUT2D eigenvalue weighted by Gasteiger charge is -2.07. The van der Waals surface area contributed by atoms with Crippen LogP contribution in [0.2, 0.25) is 0 Å². The number of rotatable bonds is 6. The molecule has 3 rings (SSSR count). The number of halogens is 1. The van der Waals surface area contributed by atoms with Crippen LogP contribution in [0.5, 0.6) is 5.75 Å². The van der Waals surface area contributed by atoms with E-state index in [-0.39, 0.29) is 5.91 Å².